The molecule has 0 bridgehead atoms. The highest BCUT2D eigenvalue weighted by molar-refractivity contribution is 7.47. The summed E-state index contributed by atoms with van der Waals surface area (Å²) < 4.78 is 30.6. The molecule has 0 spiro atoms. The van der Waals surface area contributed by atoms with Crippen LogP contribution in [0.5, 0.6) is 0 Å². The summed E-state index contributed by atoms with van der Waals surface area (Å²) in [4.78, 5) is 37.7. The van der Waals surface area contributed by atoms with Gasteiger partial charge in [0.05, 0.1) is 33.8 Å². The van der Waals surface area contributed by atoms with Gasteiger partial charge in [0.25, 0.3) is 0 Å². The predicted molar refractivity (Wildman–Crippen MR) is 327 cm³/mol. The minimum absolute atomic E-state index is 0.0260. The highest BCUT2D eigenvalue weighted by Gasteiger charge is 2.30. The van der Waals surface area contributed by atoms with Crippen LogP contribution in [0.1, 0.15) is 258 Å². The first-order valence-electron chi connectivity index (χ1n) is 31.1. The third kappa shape index (κ3) is 55.7. The molecule has 3 atom stereocenters. The fourth-order valence-electron chi connectivity index (χ4n) is 8.41. The highest BCUT2D eigenvalue weighted by atomic mass is 31.2. The van der Waals surface area contributed by atoms with Crippen molar-refractivity contribution in [2.24, 2.45) is 0 Å². The molecule has 0 radical (unpaired) electrons. The molecule has 0 aromatic carbocycles. The average molecular weight is 1080 g/mol. The van der Waals surface area contributed by atoms with Crippen LogP contribution in [-0.2, 0) is 27.9 Å². The summed E-state index contributed by atoms with van der Waals surface area (Å²) in [6, 6.07) is -0.880. The van der Waals surface area contributed by atoms with Crippen molar-refractivity contribution in [2.45, 2.75) is 270 Å². The van der Waals surface area contributed by atoms with Gasteiger partial charge in [-0.15, -0.1) is 0 Å². The van der Waals surface area contributed by atoms with Crippen molar-refractivity contribution in [3.63, 3.8) is 0 Å². The SMILES string of the molecule is CCCCC/C=C\C/C=C\C/C=C\C/C=C\CCCC(=O)OC(/C=C\CCCCCCCCCCCC)C(COP(=O)(O)OCC[N+](C)(C)C)NC(=O)CCCCCCCCCC/C=C\C/C=C\C/C=C\CCCCC. The lowest BCUT2D eigenvalue weighted by atomic mass is 10.0. The Hall–Kier alpha value is -3.07. The van der Waals surface area contributed by atoms with Gasteiger partial charge in [-0.05, 0) is 109 Å². The van der Waals surface area contributed by atoms with Gasteiger partial charge >= 0.3 is 13.8 Å². The van der Waals surface area contributed by atoms with Crippen LogP contribution in [0.15, 0.2) is 97.2 Å². The van der Waals surface area contributed by atoms with Crippen molar-refractivity contribution >= 4 is 19.7 Å². The molecule has 438 valence electrons. The minimum Gasteiger partial charge on any atom is -0.456 e. The number of unbranched alkanes of at least 4 members (excludes halogenated alkanes) is 25. The summed E-state index contributed by atoms with van der Waals surface area (Å²) >= 11 is 0. The van der Waals surface area contributed by atoms with Gasteiger partial charge in [0.15, 0.2) is 0 Å². The third-order valence-electron chi connectivity index (χ3n) is 13.2. The first kappa shape index (κ1) is 72.9. The van der Waals surface area contributed by atoms with E-state index in [-0.39, 0.29) is 31.5 Å². The maximum Gasteiger partial charge on any atom is 0.472 e. The lowest BCUT2D eigenvalue weighted by molar-refractivity contribution is -0.870. The Morgan fingerprint density at radius 3 is 1.25 bits per heavy atom. The molecule has 0 saturated heterocycles. The zero-order valence-electron chi connectivity index (χ0n) is 50.0. The molecule has 10 heteroatoms. The molecule has 0 aromatic heterocycles. The monoisotopic (exact) mass is 1080 g/mol. The van der Waals surface area contributed by atoms with Crippen LogP contribution in [0.4, 0.5) is 0 Å². The van der Waals surface area contributed by atoms with Crippen LogP contribution in [0.2, 0.25) is 0 Å². The quantitative estimate of drug-likeness (QED) is 0.0205. The molecule has 0 heterocycles. The molecule has 0 saturated carbocycles. The Labute approximate surface area is 468 Å². The minimum atomic E-state index is -4.47. The number of hydrogen-bond acceptors (Lipinski definition) is 6. The number of nitrogens with one attached hydrogen (secondary N) is 1. The van der Waals surface area contributed by atoms with E-state index in [4.69, 9.17) is 13.8 Å². The van der Waals surface area contributed by atoms with E-state index >= 15 is 0 Å². The molecular formula is C66H118N2O7P+. The predicted octanol–water partition coefficient (Wildman–Crippen LogP) is 19.2. The standard InChI is InChI=1S/C66H117N2O7P/c1-7-10-13-16-19-22-25-28-30-32-33-34-35-37-38-40-43-46-49-52-55-58-65(69)67-63(62-74-76(71,72)73-61-60-68(4,5)6)64(57-54-51-48-45-42-27-24-21-18-15-12-9-3)75-66(70)59-56-53-50-47-44-41-39-36-31-29-26-23-20-17-14-11-8-2/h19-20,22-23,28-31,33-34,39,41,47,50,54,57,63-64H,7-18,21,24-27,32,35-38,40,42-46,48-49,51-53,55-56,58-62H2,1-6H3,(H-,67,69,71,72)/p+1/b22-19-,23-20-,30-28-,31-29-,34-33-,41-39-,50-47-,57-54-. The lowest BCUT2D eigenvalue weighted by Crippen LogP contribution is -2.47. The third-order valence-corrected chi connectivity index (χ3v) is 14.2. The summed E-state index contributed by atoms with van der Waals surface area (Å²) in [6.07, 6.45) is 74.1. The van der Waals surface area contributed by atoms with Crippen molar-refractivity contribution < 1.29 is 37.3 Å². The van der Waals surface area contributed by atoms with E-state index in [0.717, 1.165) is 89.9 Å². The lowest BCUT2D eigenvalue weighted by Gasteiger charge is -2.27. The average Bonchev–Trinajstić information content (AvgIpc) is 3.38. The van der Waals surface area contributed by atoms with Crippen LogP contribution in [0, 0.1) is 0 Å². The maximum atomic E-state index is 13.5. The molecule has 0 aliphatic heterocycles. The van der Waals surface area contributed by atoms with E-state index in [1.54, 1.807) is 0 Å². The summed E-state index contributed by atoms with van der Waals surface area (Å²) in [5, 5.41) is 3.04. The molecule has 1 amide bonds. The number of amides is 1. The number of ether oxygens (including phenoxy) is 1. The second kappa shape index (κ2) is 55.3. The second-order valence-electron chi connectivity index (χ2n) is 21.9. The van der Waals surface area contributed by atoms with Crippen LogP contribution < -0.4 is 5.32 Å². The molecule has 0 aliphatic carbocycles. The van der Waals surface area contributed by atoms with Gasteiger partial charge in [0.1, 0.15) is 19.3 Å². The van der Waals surface area contributed by atoms with Crippen LogP contribution in [0.3, 0.4) is 0 Å². The van der Waals surface area contributed by atoms with Gasteiger partial charge in [-0.2, -0.15) is 0 Å². The molecule has 0 fully saturated rings. The smallest absolute Gasteiger partial charge is 0.456 e. The summed E-state index contributed by atoms with van der Waals surface area (Å²) in [5.41, 5.74) is 0. The van der Waals surface area contributed by atoms with Crippen molar-refractivity contribution in [3.05, 3.63) is 97.2 Å². The largest absolute Gasteiger partial charge is 0.472 e. The molecule has 0 aliphatic rings. The van der Waals surface area contributed by atoms with Gasteiger partial charge in [-0.3, -0.25) is 18.6 Å². The number of likely N-dealkylation sites (N-methyl/N-ethyl adjacent to an activating group) is 1. The van der Waals surface area contributed by atoms with Gasteiger partial charge in [-0.1, -0.05) is 234 Å². The second-order valence-corrected chi connectivity index (χ2v) is 23.3. The van der Waals surface area contributed by atoms with Crippen molar-refractivity contribution in [3.8, 4) is 0 Å². The molecule has 0 rings (SSSR count). The molecule has 3 unspecified atom stereocenters. The first-order chi connectivity index (χ1) is 36.9. The van der Waals surface area contributed by atoms with Crippen LogP contribution in [-0.4, -0.2) is 74.3 Å². The van der Waals surface area contributed by atoms with Gasteiger partial charge in [0, 0.05) is 12.8 Å². The summed E-state index contributed by atoms with van der Waals surface area (Å²) in [6.45, 7) is 6.91. The Kier molecular flexibility index (Phi) is 53.0. The van der Waals surface area contributed by atoms with E-state index in [9.17, 15) is 19.0 Å². The first-order valence-corrected chi connectivity index (χ1v) is 32.6. The molecule has 76 heavy (non-hydrogen) atoms. The summed E-state index contributed by atoms with van der Waals surface area (Å²) in [7, 11) is 1.45. The van der Waals surface area contributed by atoms with Gasteiger partial charge in [0.2, 0.25) is 5.91 Å². The van der Waals surface area contributed by atoms with Crippen LogP contribution in [0.25, 0.3) is 0 Å². The van der Waals surface area contributed by atoms with Crippen molar-refractivity contribution in [1.82, 2.24) is 5.32 Å². The molecule has 9 nitrogen and oxygen atoms in total. The topological polar surface area (TPSA) is 111 Å². The number of esters is 1. The number of carbonyl (C=O) groups excluding carboxylic acids is 2. The Balaban J connectivity index is 5.35. The fourth-order valence-corrected chi connectivity index (χ4v) is 9.15. The van der Waals surface area contributed by atoms with E-state index in [2.05, 4.69) is 111 Å². The number of phosphoric ester groups is 1. The number of phosphoric acid groups is 1. The highest BCUT2D eigenvalue weighted by Crippen LogP contribution is 2.43. The van der Waals surface area contributed by atoms with E-state index in [1.165, 1.54) is 128 Å². The zero-order valence-corrected chi connectivity index (χ0v) is 50.9. The number of carbonyl (C=O) groups is 2. The Morgan fingerprint density at radius 2 is 0.816 bits per heavy atom. The van der Waals surface area contributed by atoms with Crippen molar-refractivity contribution in [2.75, 3.05) is 40.9 Å². The van der Waals surface area contributed by atoms with Gasteiger partial charge in [-0.25, -0.2) is 4.57 Å². The number of hydrogen-bond donors (Lipinski definition) is 2. The molecular weight excluding hydrogens is 964 g/mol. The maximum absolute atomic E-state index is 13.5. The number of allylic oxidation sites excluding steroid dienone is 15. The Bertz CT molecular complexity index is 1620. The number of nitrogens with zero attached hydrogens (tertiary/aromatic N) is 1. The zero-order chi connectivity index (χ0) is 55.7. The molecule has 2 N–H and O–H groups in total. The number of quaternary nitrogens is 1. The fraction of sp³-hybridized carbons (Fsp3) is 0.727. The van der Waals surface area contributed by atoms with Crippen LogP contribution >= 0.6 is 7.82 Å². The van der Waals surface area contributed by atoms with E-state index in [0.29, 0.717) is 23.9 Å². The Morgan fingerprint density at radius 1 is 0.461 bits per heavy atom. The number of rotatable bonds is 55. The van der Waals surface area contributed by atoms with E-state index in [1.807, 2.05) is 33.3 Å². The van der Waals surface area contributed by atoms with E-state index < -0.39 is 20.0 Å². The molecule has 0 aromatic rings. The normalized spacial score (nSPS) is 14.4. The van der Waals surface area contributed by atoms with Gasteiger partial charge < -0.3 is 19.4 Å². The van der Waals surface area contributed by atoms with Crippen molar-refractivity contribution in [1.29, 1.82) is 0 Å². The summed E-state index contributed by atoms with van der Waals surface area (Å²) in [5.74, 6) is -0.582.